The zero-order valence-electron chi connectivity index (χ0n) is 16.6. The zero-order valence-corrected chi connectivity index (χ0v) is 17.4. The number of urea groups is 1. The summed E-state index contributed by atoms with van der Waals surface area (Å²) in [5.74, 6) is 0.678. The molecule has 1 unspecified atom stereocenters. The Morgan fingerprint density at radius 1 is 1.29 bits per heavy atom. The van der Waals surface area contributed by atoms with E-state index in [4.69, 9.17) is 16.3 Å². The highest BCUT2D eigenvalue weighted by atomic mass is 35.5. The fraction of sp³-hybridized carbons (Fsp3) is 0.476. The van der Waals surface area contributed by atoms with Crippen LogP contribution in [0.1, 0.15) is 13.8 Å². The molecule has 0 radical (unpaired) electrons. The number of hydrogen-bond acceptors (Lipinski definition) is 4. The lowest BCUT2D eigenvalue weighted by Gasteiger charge is -2.61. The second-order valence-corrected chi connectivity index (χ2v) is 8.43. The van der Waals surface area contributed by atoms with Gasteiger partial charge < -0.3 is 19.9 Å². The third-order valence-corrected chi connectivity index (χ3v) is 5.91. The summed E-state index contributed by atoms with van der Waals surface area (Å²) in [5, 5.41) is 3.72. The number of rotatable bonds is 3. The highest BCUT2D eigenvalue weighted by Crippen LogP contribution is 2.43. The Balaban J connectivity index is 1.41. The Labute approximate surface area is 171 Å². The van der Waals surface area contributed by atoms with Crippen molar-refractivity contribution in [1.29, 1.82) is 0 Å². The molecule has 0 saturated carbocycles. The number of allylic oxidation sites excluding steroid dienone is 2. The first-order valence-electron chi connectivity index (χ1n) is 9.72. The van der Waals surface area contributed by atoms with E-state index in [1.165, 1.54) is 5.70 Å². The van der Waals surface area contributed by atoms with Crippen LogP contribution in [0.3, 0.4) is 0 Å². The third kappa shape index (κ3) is 3.20. The molecule has 1 atom stereocenters. The van der Waals surface area contributed by atoms with Gasteiger partial charge in [-0.05, 0) is 32.1 Å². The summed E-state index contributed by atoms with van der Waals surface area (Å²) in [5.41, 5.74) is 2.22. The molecule has 7 heteroatoms. The van der Waals surface area contributed by atoms with E-state index in [2.05, 4.69) is 16.3 Å². The number of hydrogen-bond donors (Lipinski definition) is 1. The third-order valence-electron chi connectivity index (χ3n) is 5.68. The van der Waals surface area contributed by atoms with Crippen LogP contribution in [0, 0.1) is 5.41 Å². The average molecular weight is 403 g/mol. The van der Waals surface area contributed by atoms with Gasteiger partial charge in [0, 0.05) is 55.9 Å². The molecule has 2 fully saturated rings. The first kappa shape index (κ1) is 19.0. The van der Waals surface area contributed by atoms with Crippen molar-refractivity contribution in [2.24, 2.45) is 5.41 Å². The first-order chi connectivity index (χ1) is 13.5. The van der Waals surface area contributed by atoms with Crippen LogP contribution >= 0.6 is 11.6 Å². The van der Waals surface area contributed by atoms with E-state index in [-0.39, 0.29) is 17.5 Å². The number of nitrogens with one attached hydrogen (secondary N) is 1. The van der Waals surface area contributed by atoms with Crippen LogP contribution in [0.25, 0.3) is 0 Å². The van der Waals surface area contributed by atoms with Gasteiger partial charge in [-0.25, -0.2) is 4.79 Å². The van der Waals surface area contributed by atoms with Crippen molar-refractivity contribution in [3.8, 4) is 5.75 Å². The van der Waals surface area contributed by atoms with Crippen LogP contribution in [0.5, 0.6) is 5.75 Å². The number of anilines is 1. The molecule has 3 aliphatic heterocycles. The van der Waals surface area contributed by atoms with Crippen LogP contribution in [0.4, 0.5) is 10.5 Å². The highest BCUT2D eigenvalue weighted by molar-refractivity contribution is 6.30. The molecule has 28 heavy (non-hydrogen) atoms. The van der Waals surface area contributed by atoms with Gasteiger partial charge in [0.25, 0.3) is 0 Å². The van der Waals surface area contributed by atoms with E-state index < -0.39 is 0 Å². The van der Waals surface area contributed by atoms with E-state index >= 15 is 0 Å². The Bertz CT molecular complexity index is 824. The zero-order chi connectivity index (χ0) is 19.9. The molecule has 2 saturated heterocycles. The second kappa shape index (κ2) is 7.24. The standard InChI is InChI=1S/C21H27ClN4O2/c1-4-5-17(9-23-3)24-11-21(12-24)13-25(14-21)20(27)26-15(2)10-28-19-8-16(22)6-7-18(19)26/h4-9,15,23H,10-14H2,1-3H3/b5-4-,17-9+. The maximum Gasteiger partial charge on any atom is 0.325 e. The second-order valence-electron chi connectivity index (χ2n) is 7.99. The number of carbonyl (C=O) groups is 1. The molecule has 1 spiro atoms. The Hall–Kier alpha value is -2.34. The van der Waals surface area contributed by atoms with E-state index in [9.17, 15) is 4.79 Å². The molecule has 0 bridgehead atoms. The molecule has 3 heterocycles. The van der Waals surface area contributed by atoms with Crippen molar-refractivity contribution in [3.05, 3.63) is 47.3 Å². The van der Waals surface area contributed by atoms with Crippen molar-refractivity contribution in [2.75, 3.05) is 44.7 Å². The normalized spacial score (nSPS) is 23.2. The topological polar surface area (TPSA) is 48.0 Å². The van der Waals surface area contributed by atoms with Crippen LogP contribution in [-0.2, 0) is 0 Å². The summed E-state index contributed by atoms with van der Waals surface area (Å²) in [6, 6.07) is 5.51. The van der Waals surface area contributed by atoms with Crippen molar-refractivity contribution in [1.82, 2.24) is 15.1 Å². The van der Waals surface area contributed by atoms with Gasteiger partial charge in [-0.15, -0.1) is 0 Å². The van der Waals surface area contributed by atoms with E-state index in [0.29, 0.717) is 17.4 Å². The summed E-state index contributed by atoms with van der Waals surface area (Å²) in [6.45, 7) is 8.10. The molecule has 1 N–H and O–H groups in total. The molecule has 0 aromatic heterocycles. The monoisotopic (exact) mass is 402 g/mol. The number of ether oxygens (including phenoxy) is 1. The van der Waals surface area contributed by atoms with Gasteiger partial charge in [-0.1, -0.05) is 17.7 Å². The number of fused-ring (bicyclic) bond motifs is 1. The molecule has 2 amide bonds. The van der Waals surface area contributed by atoms with Gasteiger partial charge in [0.2, 0.25) is 0 Å². The molecule has 1 aromatic rings. The number of amides is 2. The summed E-state index contributed by atoms with van der Waals surface area (Å²) >= 11 is 6.08. The first-order valence-corrected chi connectivity index (χ1v) is 10.1. The highest BCUT2D eigenvalue weighted by Gasteiger charge is 2.54. The van der Waals surface area contributed by atoms with Crippen molar-refractivity contribution in [3.63, 3.8) is 0 Å². The number of benzene rings is 1. The van der Waals surface area contributed by atoms with Gasteiger partial charge in [0.1, 0.15) is 12.4 Å². The molecule has 0 aliphatic carbocycles. The fourth-order valence-electron chi connectivity index (χ4n) is 4.38. The Morgan fingerprint density at radius 2 is 2.00 bits per heavy atom. The van der Waals surface area contributed by atoms with E-state index in [0.717, 1.165) is 31.9 Å². The Kier molecular flexibility index (Phi) is 4.91. The summed E-state index contributed by atoms with van der Waals surface area (Å²) in [6.07, 6.45) is 6.18. The minimum absolute atomic E-state index is 0.00419. The molecule has 6 nitrogen and oxygen atoms in total. The summed E-state index contributed by atoms with van der Waals surface area (Å²) in [7, 11) is 1.91. The van der Waals surface area contributed by atoms with Gasteiger partial charge in [-0.2, -0.15) is 0 Å². The molecular formula is C21H27ClN4O2. The molecule has 150 valence electrons. The lowest BCUT2D eigenvalue weighted by Crippen LogP contribution is -2.74. The van der Waals surface area contributed by atoms with Crippen molar-refractivity contribution in [2.45, 2.75) is 19.9 Å². The fourth-order valence-corrected chi connectivity index (χ4v) is 4.54. The number of carbonyl (C=O) groups excluding carboxylic acids is 1. The Morgan fingerprint density at radius 3 is 2.68 bits per heavy atom. The summed E-state index contributed by atoms with van der Waals surface area (Å²) in [4.78, 5) is 19.4. The number of likely N-dealkylation sites (tertiary alicyclic amines) is 2. The maximum atomic E-state index is 13.2. The predicted molar refractivity (Wildman–Crippen MR) is 112 cm³/mol. The smallest absolute Gasteiger partial charge is 0.325 e. The number of nitrogens with zero attached hydrogens (tertiary/aromatic N) is 3. The number of halogens is 1. The lowest BCUT2D eigenvalue weighted by molar-refractivity contribution is -0.0765. The van der Waals surface area contributed by atoms with Gasteiger partial charge in [0.05, 0.1) is 17.4 Å². The minimum atomic E-state index is -0.00419. The van der Waals surface area contributed by atoms with Crippen LogP contribution in [-0.4, -0.2) is 61.7 Å². The van der Waals surface area contributed by atoms with Gasteiger partial charge >= 0.3 is 6.03 Å². The predicted octanol–water partition coefficient (Wildman–Crippen LogP) is 3.30. The molecule has 4 rings (SSSR count). The molecular weight excluding hydrogens is 376 g/mol. The van der Waals surface area contributed by atoms with Crippen molar-refractivity contribution < 1.29 is 9.53 Å². The average Bonchev–Trinajstić information content (AvgIpc) is 2.59. The van der Waals surface area contributed by atoms with Crippen molar-refractivity contribution >= 4 is 23.3 Å². The van der Waals surface area contributed by atoms with Gasteiger partial charge in [0.15, 0.2) is 0 Å². The SMILES string of the molecule is C/C=C\C(=C/NC)N1CC2(CN(C(=O)N3c4ccc(Cl)cc4OCC3C)C2)C1. The molecule has 3 aliphatic rings. The quantitative estimate of drug-likeness (QED) is 0.788. The lowest BCUT2D eigenvalue weighted by atomic mass is 9.72. The maximum absolute atomic E-state index is 13.2. The van der Waals surface area contributed by atoms with Gasteiger partial charge in [-0.3, -0.25) is 4.90 Å². The van der Waals surface area contributed by atoms with Crippen LogP contribution < -0.4 is 15.0 Å². The minimum Gasteiger partial charge on any atom is -0.489 e. The van der Waals surface area contributed by atoms with E-state index in [1.54, 1.807) is 12.1 Å². The van der Waals surface area contributed by atoms with E-state index in [1.807, 2.05) is 49.0 Å². The largest absolute Gasteiger partial charge is 0.489 e. The van der Waals surface area contributed by atoms with Crippen LogP contribution in [0.15, 0.2) is 42.2 Å². The van der Waals surface area contributed by atoms with Crippen LogP contribution in [0.2, 0.25) is 5.02 Å². The summed E-state index contributed by atoms with van der Waals surface area (Å²) < 4.78 is 5.77. The molecule has 1 aromatic carbocycles.